The molecule has 4 nitrogen and oxygen atoms in total. The van der Waals surface area contributed by atoms with Crippen LogP contribution in [0.15, 0.2) is 48.0 Å². The second-order valence-electron chi connectivity index (χ2n) is 6.35. The van der Waals surface area contributed by atoms with Gasteiger partial charge in [-0.3, -0.25) is 0 Å². The van der Waals surface area contributed by atoms with Crippen LogP contribution in [0.3, 0.4) is 0 Å². The molecule has 24 heavy (non-hydrogen) atoms. The smallest absolute Gasteiger partial charge is 0.407 e. The van der Waals surface area contributed by atoms with Crippen molar-refractivity contribution in [2.45, 2.75) is 25.3 Å². The summed E-state index contributed by atoms with van der Waals surface area (Å²) in [6.07, 6.45) is 3.29. The molecule has 0 atom stereocenters. The highest BCUT2D eigenvalue weighted by Crippen LogP contribution is 2.35. The maximum Gasteiger partial charge on any atom is 0.407 e. The summed E-state index contributed by atoms with van der Waals surface area (Å²) >= 11 is 1.78. The molecule has 3 aromatic rings. The first kappa shape index (κ1) is 15.3. The number of carboxylic acid groups (broad SMARTS) is 1. The van der Waals surface area contributed by atoms with Gasteiger partial charge in [-0.15, -0.1) is 11.3 Å². The SMILES string of the molecule is O=C(O)N1CCC(c2cn(Cc3cccs3)c3ccccc23)CC1. The fourth-order valence-corrected chi connectivity index (χ4v) is 4.39. The summed E-state index contributed by atoms with van der Waals surface area (Å²) in [5.74, 6) is 0.440. The number of thiophene rings is 1. The molecule has 1 fully saturated rings. The third-order valence-electron chi connectivity index (χ3n) is 4.93. The molecule has 1 amide bonds. The standard InChI is InChI=1S/C19H20N2O2S/c22-19(23)20-9-7-14(8-10-20)17-13-21(12-15-4-3-11-24-15)18-6-2-1-5-16(17)18/h1-6,11,13-14H,7-10,12H2,(H,22,23). The van der Waals surface area contributed by atoms with Crippen LogP contribution in [0, 0.1) is 0 Å². The molecular formula is C19H20N2O2S. The number of benzene rings is 1. The summed E-state index contributed by atoms with van der Waals surface area (Å²) in [4.78, 5) is 14.0. The van der Waals surface area contributed by atoms with Crippen molar-refractivity contribution in [1.82, 2.24) is 9.47 Å². The van der Waals surface area contributed by atoms with Crippen LogP contribution >= 0.6 is 11.3 Å². The van der Waals surface area contributed by atoms with Gasteiger partial charge in [-0.25, -0.2) is 4.79 Å². The molecule has 0 spiro atoms. The van der Waals surface area contributed by atoms with Gasteiger partial charge >= 0.3 is 6.09 Å². The van der Waals surface area contributed by atoms with E-state index in [0.29, 0.717) is 19.0 Å². The minimum absolute atomic E-state index is 0.440. The molecule has 1 N–H and O–H groups in total. The Morgan fingerprint density at radius 3 is 2.67 bits per heavy atom. The number of hydrogen-bond donors (Lipinski definition) is 1. The normalized spacial score (nSPS) is 15.9. The number of para-hydroxylation sites is 1. The van der Waals surface area contributed by atoms with Crippen molar-refractivity contribution >= 4 is 28.3 Å². The van der Waals surface area contributed by atoms with Gasteiger partial charge < -0.3 is 14.6 Å². The first-order chi connectivity index (χ1) is 11.7. The lowest BCUT2D eigenvalue weighted by Gasteiger charge is -2.29. The summed E-state index contributed by atoms with van der Waals surface area (Å²) in [6.45, 7) is 2.15. The van der Waals surface area contributed by atoms with Crippen molar-refractivity contribution in [3.8, 4) is 0 Å². The number of carbonyl (C=O) groups is 1. The van der Waals surface area contributed by atoms with Gasteiger partial charge in [0.2, 0.25) is 0 Å². The van der Waals surface area contributed by atoms with Gasteiger partial charge in [0, 0.05) is 35.1 Å². The van der Waals surface area contributed by atoms with E-state index in [1.807, 2.05) is 0 Å². The minimum atomic E-state index is -0.798. The van der Waals surface area contributed by atoms with Gasteiger partial charge in [0.05, 0.1) is 6.54 Å². The molecule has 0 radical (unpaired) electrons. The van der Waals surface area contributed by atoms with Crippen LogP contribution in [0.1, 0.15) is 29.2 Å². The number of rotatable bonds is 3. The molecule has 2 aromatic heterocycles. The highest BCUT2D eigenvalue weighted by molar-refractivity contribution is 7.09. The van der Waals surface area contributed by atoms with E-state index in [1.165, 1.54) is 26.2 Å². The fourth-order valence-electron chi connectivity index (χ4n) is 3.68. The number of amides is 1. The van der Waals surface area contributed by atoms with Gasteiger partial charge in [0.25, 0.3) is 0 Å². The number of nitrogens with zero attached hydrogens (tertiary/aromatic N) is 2. The van der Waals surface area contributed by atoms with Crippen molar-refractivity contribution in [2.24, 2.45) is 0 Å². The van der Waals surface area contributed by atoms with Crippen molar-refractivity contribution < 1.29 is 9.90 Å². The van der Waals surface area contributed by atoms with Crippen molar-refractivity contribution in [3.05, 3.63) is 58.4 Å². The van der Waals surface area contributed by atoms with Crippen LogP contribution < -0.4 is 0 Å². The van der Waals surface area contributed by atoms with Gasteiger partial charge in [0.1, 0.15) is 0 Å². The lowest BCUT2D eigenvalue weighted by Crippen LogP contribution is -2.36. The molecule has 0 aliphatic carbocycles. The van der Waals surface area contributed by atoms with Crippen LogP contribution in [0.2, 0.25) is 0 Å². The summed E-state index contributed by atoms with van der Waals surface area (Å²) in [7, 11) is 0. The van der Waals surface area contributed by atoms with Gasteiger partial charge in [-0.2, -0.15) is 0 Å². The molecule has 1 saturated heterocycles. The lowest BCUT2D eigenvalue weighted by molar-refractivity contribution is 0.132. The van der Waals surface area contributed by atoms with Crippen LogP contribution in [-0.2, 0) is 6.54 Å². The topological polar surface area (TPSA) is 45.5 Å². The third kappa shape index (κ3) is 2.80. The molecule has 4 rings (SSSR count). The van der Waals surface area contributed by atoms with Crippen LogP contribution in [-0.4, -0.2) is 33.8 Å². The molecule has 3 heterocycles. The zero-order chi connectivity index (χ0) is 16.5. The molecule has 1 aliphatic rings. The summed E-state index contributed by atoms with van der Waals surface area (Å²) in [5, 5.41) is 12.6. The predicted molar refractivity (Wildman–Crippen MR) is 96.9 cm³/mol. The van der Waals surface area contributed by atoms with Gasteiger partial charge in [-0.1, -0.05) is 24.3 Å². The fraction of sp³-hybridized carbons (Fsp3) is 0.316. The van der Waals surface area contributed by atoms with E-state index in [1.54, 1.807) is 11.3 Å². The average Bonchev–Trinajstić information content (AvgIpc) is 3.24. The number of likely N-dealkylation sites (tertiary alicyclic amines) is 1. The van der Waals surface area contributed by atoms with Gasteiger partial charge in [-0.05, 0) is 41.8 Å². The summed E-state index contributed by atoms with van der Waals surface area (Å²) in [6, 6.07) is 12.8. The van der Waals surface area contributed by atoms with E-state index in [0.717, 1.165) is 19.4 Å². The van der Waals surface area contributed by atoms with Crippen molar-refractivity contribution in [3.63, 3.8) is 0 Å². The Morgan fingerprint density at radius 1 is 1.17 bits per heavy atom. The summed E-state index contributed by atoms with van der Waals surface area (Å²) < 4.78 is 2.33. The van der Waals surface area contributed by atoms with Gasteiger partial charge in [0.15, 0.2) is 0 Å². The first-order valence-corrected chi connectivity index (χ1v) is 9.18. The first-order valence-electron chi connectivity index (χ1n) is 8.30. The Bertz CT molecular complexity index is 846. The van der Waals surface area contributed by atoms with Crippen molar-refractivity contribution in [1.29, 1.82) is 0 Å². The Balaban J connectivity index is 1.65. The predicted octanol–water partition coefficient (Wildman–Crippen LogP) is 4.61. The van der Waals surface area contributed by atoms with E-state index >= 15 is 0 Å². The minimum Gasteiger partial charge on any atom is -0.465 e. The van der Waals surface area contributed by atoms with E-state index < -0.39 is 6.09 Å². The van der Waals surface area contributed by atoms with E-state index in [9.17, 15) is 4.79 Å². The van der Waals surface area contributed by atoms with E-state index in [4.69, 9.17) is 5.11 Å². The molecule has 124 valence electrons. The molecule has 0 unspecified atom stereocenters. The number of hydrogen-bond acceptors (Lipinski definition) is 2. The summed E-state index contributed by atoms with van der Waals surface area (Å²) in [5.41, 5.74) is 2.63. The number of aromatic nitrogens is 1. The molecule has 5 heteroatoms. The Hall–Kier alpha value is -2.27. The highest BCUT2D eigenvalue weighted by Gasteiger charge is 2.25. The molecule has 0 saturated carbocycles. The monoisotopic (exact) mass is 340 g/mol. The molecular weight excluding hydrogens is 320 g/mol. The van der Waals surface area contributed by atoms with E-state index in [2.05, 4.69) is 52.5 Å². The number of fused-ring (bicyclic) bond motifs is 1. The Labute approximate surface area is 144 Å². The second-order valence-corrected chi connectivity index (χ2v) is 7.38. The maximum atomic E-state index is 11.1. The van der Waals surface area contributed by atoms with Crippen LogP contribution in [0.4, 0.5) is 4.79 Å². The molecule has 1 aromatic carbocycles. The van der Waals surface area contributed by atoms with Crippen molar-refractivity contribution in [2.75, 3.05) is 13.1 Å². The zero-order valence-electron chi connectivity index (χ0n) is 13.4. The quantitative estimate of drug-likeness (QED) is 0.757. The second kappa shape index (κ2) is 6.32. The largest absolute Gasteiger partial charge is 0.465 e. The average molecular weight is 340 g/mol. The highest BCUT2D eigenvalue weighted by atomic mass is 32.1. The molecule has 0 bridgehead atoms. The maximum absolute atomic E-state index is 11.1. The zero-order valence-corrected chi connectivity index (χ0v) is 14.2. The van der Waals surface area contributed by atoms with Crippen LogP contribution in [0.5, 0.6) is 0 Å². The Morgan fingerprint density at radius 2 is 1.96 bits per heavy atom. The number of piperidine rings is 1. The Kier molecular flexibility index (Phi) is 4.02. The third-order valence-corrected chi connectivity index (χ3v) is 5.79. The van der Waals surface area contributed by atoms with Crippen LogP contribution in [0.25, 0.3) is 10.9 Å². The lowest BCUT2D eigenvalue weighted by atomic mass is 9.89. The van der Waals surface area contributed by atoms with E-state index in [-0.39, 0.29) is 0 Å². The molecule has 1 aliphatic heterocycles.